The molecule has 0 saturated heterocycles. The molecule has 0 unspecified atom stereocenters. The fourth-order valence-corrected chi connectivity index (χ4v) is 4.71. The summed E-state index contributed by atoms with van der Waals surface area (Å²) >= 11 is 0. The van der Waals surface area contributed by atoms with E-state index in [2.05, 4.69) is 16.6 Å². The van der Waals surface area contributed by atoms with Crippen molar-refractivity contribution in [2.75, 3.05) is 6.54 Å². The molecule has 0 saturated carbocycles. The van der Waals surface area contributed by atoms with E-state index in [1.54, 1.807) is 0 Å². The van der Waals surface area contributed by atoms with E-state index in [0.29, 0.717) is 43.2 Å². The van der Waals surface area contributed by atoms with E-state index in [9.17, 15) is 19.7 Å². The second kappa shape index (κ2) is 9.17. The SMILES string of the molecule is Cc1c(C(=O)N2CCc3ccccc3C2)oc2c1/C(=N/NC(=O)c1ccc([N+](=O)[O-])cc1)CCC2. The molecule has 9 heteroatoms. The van der Waals surface area contributed by atoms with Gasteiger partial charge in [-0.15, -0.1) is 0 Å². The molecule has 0 spiro atoms. The number of nitrogens with one attached hydrogen (secondary N) is 1. The lowest BCUT2D eigenvalue weighted by atomic mass is 9.93. The molecule has 9 nitrogen and oxygen atoms in total. The predicted molar refractivity (Wildman–Crippen MR) is 128 cm³/mol. The Bertz CT molecular complexity index is 1360. The molecular weight excluding hydrogens is 448 g/mol. The van der Waals surface area contributed by atoms with E-state index in [0.717, 1.165) is 29.5 Å². The van der Waals surface area contributed by atoms with Crippen LogP contribution >= 0.6 is 0 Å². The van der Waals surface area contributed by atoms with Crippen LogP contribution in [0.3, 0.4) is 0 Å². The van der Waals surface area contributed by atoms with Gasteiger partial charge in [0.1, 0.15) is 5.76 Å². The van der Waals surface area contributed by atoms with Crippen molar-refractivity contribution >= 4 is 23.2 Å². The van der Waals surface area contributed by atoms with E-state index in [-0.39, 0.29) is 17.2 Å². The number of hydrazone groups is 1. The summed E-state index contributed by atoms with van der Waals surface area (Å²) in [4.78, 5) is 38.0. The number of hydrogen-bond acceptors (Lipinski definition) is 6. The fourth-order valence-electron chi connectivity index (χ4n) is 4.71. The standard InChI is InChI=1S/C26H24N4O5/c1-16-23-21(27-28-25(31)18-9-11-20(12-10-18)30(33)34)7-4-8-22(23)35-24(16)26(32)29-14-13-17-5-2-3-6-19(17)15-29/h2-3,5-6,9-12H,4,7-8,13-15H2,1H3,(H,28,31)/b27-21+. The molecule has 3 aromatic rings. The maximum Gasteiger partial charge on any atom is 0.290 e. The van der Waals surface area contributed by atoms with Crippen LogP contribution in [0.2, 0.25) is 0 Å². The van der Waals surface area contributed by atoms with Gasteiger partial charge < -0.3 is 9.32 Å². The Hall–Kier alpha value is -4.27. The number of benzene rings is 2. The van der Waals surface area contributed by atoms with Crippen LogP contribution in [0.25, 0.3) is 0 Å². The van der Waals surface area contributed by atoms with E-state index in [4.69, 9.17) is 4.42 Å². The second-order valence-electron chi connectivity index (χ2n) is 8.76. The smallest absolute Gasteiger partial charge is 0.290 e. The van der Waals surface area contributed by atoms with Crippen LogP contribution in [0.1, 0.15) is 61.8 Å². The molecule has 5 rings (SSSR count). The lowest BCUT2D eigenvalue weighted by Gasteiger charge is -2.28. The zero-order valence-corrected chi connectivity index (χ0v) is 19.2. The Labute approximate surface area is 201 Å². The molecule has 35 heavy (non-hydrogen) atoms. The Morgan fingerprint density at radius 2 is 1.80 bits per heavy atom. The van der Waals surface area contributed by atoms with Crippen LogP contribution in [0.15, 0.2) is 58.0 Å². The van der Waals surface area contributed by atoms with Crippen molar-refractivity contribution in [2.45, 2.75) is 39.2 Å². The third-order valence-electron chi connectivity index (χ3n) is 6.57. The van der Waals surface area contributed by atoms with Crippen LogP contribution in [-0.2, 0) is 19.4 Å². The van der Waals surface area contributed by atoms with E-state index in [1.165, 1.54) is 29.8 Å². The summed E-state index contributed by atoms with van der Waals surface area (Å²) in [6.45, 7) is 3.03. The second-order valence-corrected chi connectivity index (χ2v) is 8.76. The maximum absolute atomic E-state index is 13.4. The average molecular weight is 473 g/mol. The van der Waals surface area contributed by atoms with E-state index >= 15 is 0 Å². The Morgan fingerprint density at radius 3 is 2.54 bits per heavy atom. The van der Waals surface area contributed by atoms with E-state index in [1.807, 2.05) is 30.0 Å². The zero-order valence-electron chi connectivity index (χ0n) is 19.2. The van der Waals surface area contributed by atoms with Gasteiger partial charge in [-0.2, -0.15) is 5.10 Å². The first-order valence-electron chi connectivity index (χ1n) is 11.5. The number of furan rings is 1. The number of fused-ring (bicyclic) bond motifs is 2. The summed E-state index contributed by atoms with van der Waals surface area (Å²) in [5.74, 6) is 0.424. The van der Waals surface area contributed by atoms with Crippen molar-refractivity contribution in [3.8, 4) is 0 Å². The summed E-state index contributed by atoms with van der Waals surface area (Å²) in [5, 5.41) is 15.1. The van der Waals surface area contributed by atoms with Crippen molar-refractivity contribution < 1.29 is 18.9 Å². The molecule has 2 amide bonds. The minimum atomic E-state index is -0.519. The molecule has 2 aromatic carbocycles. The van der Waals surface area contributed by atoms with E-state index < -0.39 is 10.8 Å². The van der Waals surface area contributed by atoms with Gasteiger partial charge in [-0.05, 0) is 49.4 Å². The Kier molecular flexibility index (Phi) is 5.90. The molecule has 0 radical (unpaired) electrons. The highest BCUT2D eigenvalue weighted by molar-refractivity contribution is 6.07. The predicted octanol–water partition coefficient (Wildman–Crippen LogP) is 4.17. The minimum absolute atomic E-state index is 0.0896. The highest BCUT2D eigenvalue weighted by Crippen LogP contribution is 2.31. The van der Waals surface area contributed by atoms with Gasteiger partial charge >= 0.3 is 0 Å². The van der Waals surface area contributed by atoms with Crippen LogP contribution in [0.5, 0.6) is 0 Å². The average Bonchev–Trinajstić information content (AvgIpc) is 3.23. The van der Waals surface area contributed by atoms with Gasteiger partial charge in [-0.3, -0.25) is 19.7 Å². The van der Waals surface area contributed by atoms with Gasteiger partial charge in [0, 0.05) is 48.3 Å². The van der Waals surface area contributed by atoms with Crippen molar-refractivity contribution in [1.82, 2.24) is 10.3 Å². The summed E-state index contributed by atoms with van der Waals surface area (Å²) in [6, 6.07) is 13.5. The number of nitro benzene ring substituents is 1. The monoisotopic (exact) mass is 472 g/mol. The summed E-state index contributed by atoms with van der Waals surface area (Å²) in [6.07, 6.45) is 2.93. The lowest BCUT2D eigenvalue weighted by Crippen LogP contribution is -2.36. The number of non-ortho nitro benzene ring substituents is 1. The highest BCUT2D eigenvalue weighted by atomic mass is 16.6. The molecule has 178 valence electrons. The van der Waals surface area contributed by atoms with Gasteiger partial charge in [0.05, 0.1) is 10.6 Å². The lowest BCUT2D eigenvalue weighted by molar-refractivity contribution is -0.384. The normalized spacial score (nSPS) is 15.9. The number of carbonyl (C=O) groups excluding carboxylic acids is 2. The summed E-state index contributed by atoms with van der Waals surface area (Å²) in [7, 11) is 0. The Balaban J connectivity index is 1.35. The van der Waals surface area contributed by atoms with Crippen LogP contribution in [-0.4, -0.2) is 33.9 Å². The molecule has 0 atom stereocenters. The summed E-state index contributed by atoms with van der Waals surface area (Å²) < 4.78 is 6.05. The number of amides is 2. The number of rotatable bonds is 4. The van der Waals surface area contributed by atoms with Crippen LogP contribution in [0, 0.1) is 17.0 Å². The van der Waals surface area contributed by atoms with Gasteiger partial charge in [0.15, 0.2) is 5.76 Å². The molecule has 2 aliphatic rings. The highest BCUT2D eigenvalue weighted by Gasteiger charge is 2.31. The van der Waals surface area contributed by atoms with Crippen molar-refractivity contribution in [1.29, 1.82) is 0 Å². The number of hydrogen-bond donors (Lipinski definition) is 1. The minimum Gasteiger partial charge on any atom is -0.455 e. The molecule has 1 aliphatic carbocycles. The Morgan fingerprint density at radius 1 is 1.06 bits per heavy atom. The third kappa shape index (κ3) is 4.32. The fraction of sp³-hybridized carbons (Fsp3) is 0.269. The van der Waals surface area contributed by atoms with Gasteiger partial charge in [-0.1, -0.05) is 24.3 Å². The van der Waals surface area contributed by atoms with Crippen LogP contribution < -0.4 is 5.43 Å². The van der Waals surface area contributed by atoms with Gasteiger partial charge in [0.25, 0.3) is 17.5 Å². The zero-order chi connectivity index (χ0) is 24.5. The molecule has 1 aromatic heterocycles. The number of nitrogens with zero attached hydrogens (tertiary/aromatic N) is 3. The molecule has 0 bridgehead atoms. The first-order chi connectivity index (χ1) is 16.9. The van der Waals surface area contributed by atoms with Crippen molar-refractivity contribution in [3.63, 3.8) is 0 Å². The maximum atomic E-state index is 13.4. The first-order valence-corrected chi connectivity index (χ1v) is 11.5. The molecule has 0 fully saturated rings. The third-order valence-corrected chi connectivity index (χ3v) is 6.57. The summed E-state index contributed by atoms with van der Waals surface area (Å²) in [5.41, 5.74) is 7.30. The van der Waals surface area contributed by atoms with Crippen molar-refractivity contribution in [3.05, 3.63) is 98.0 Å². The molecule has 1 N–H and O–H groups in total. The van der Waals surface area contributed by atoms with Crippen molar-refractivity contribution in [2.24, 2.45) is 5.10 Å². The van der Waals surface area contributed by atoms with Gasteiger partial charge in [-0.25, -0.2) is 5.43 Å². The largest absolute Gasteiger partial charge is 0.455 e. The number of nitro groups is 1. The molecule has 1 aliphatic heterocycles. The quantitative estimate of drug-likeness (QED) is 0.452. The number of carbonyl (C=O) groups is 2. The molecular formula is C26H24N4O5. The number of aryl methyl sites for hydroxylation is 1. The first kappa shape index (κ1) is 22.5. The molecule has 2 heterocycles. The topological polar surface area (TPSA) is 118 Å². The van der Waals surface area contributed by atoms with Crippen LogP contribution in [0.4, 0.5) is 5.69 Å². The van der Waals surface area contributed by atoms with Gasteiger partial charge in [0.2, 0.25) is 0 Å².